The van der Waals surface area contributed by atoms with Crippen molar-refractivity contribution < 1.29 is 0 Å². The molecule has 0 bridgehead atoms. The smallest absolute Gasteiger partial charge is 0.0172 e. The summed E-state index contributed by atoms with van der Waals surface area (Å²) >= 11 is 3.74. The van der Waals surface area contributed by atoms with Crippen LogP contribution in [0.15, 0.2) is 24.3 Å². The van der Waals surface area contributed by atoms with E-state index in [0.29, 0.717) is 10.7 Å². The van der Waals surface area contributed by atoms with E-state index in [4.69, 9.17) is 0 Å². The fourth-order valence-corrected chi connectivity index (χ4v) is 1.94. The van der Waals surface area contributed by atoms with Crippen molar-refractivity contribution in [3.8, 4) is 0 Å². The third kappa shape index (κ3) is 4.29. The van der Waals surface area contributed by atoms with Gasteiger partial charge in [0.05, 0.1) is 0 Å². The summed E-state index contributed by atoms with van der Waals surface area (Å²) in [6.07, 6.45) is 2.39. The second-order valence-corrected chi connectivity index (χ2v) is 6.37. The molecule has 0 aliphatic rings. The van der Waals surface area contributed by atoms with Gasteiger partial charge < -0.3 is 0 Å². The van der Waals surface area contributed by atoms with Gasteiger partial charge in [0.2, 0.25) is 0 Å². The van der Waals surface area contributed by atoms with E-state index in [1.54, 1.807) is 0 Å². The molecule has 0 nitrogen and oxygen atoms in total. The average molecular weight is 283 g/mol. The molecule has 0 aliphatic heterocycles. The molecule has 0 radical (unpaired) electrons. The van der Waals surface area contributed by atoms with E-state index in [9.17, 15) is 0 Å². The third-order valence-electron chi connectivity index (χ3n) is 3.08. The molecule has 1 aromatic rings. The van der Waals surface area contributed by atoms with Crippen molar-refractivity contribution in [1.29, 1.82) is 0 Å². The summed E-state index contributed by atoms with van der Waals surface area (Å²) in [5, 5.41) is 0. The van der Waals surface area contributed by atoms with E-state index in [1.807, 2.05) is 0 Å². The van der Waals surface area contributed by atoms with Gasteiger partial charge in [0.15, 0.2) is 0 Å². The topological polar surface area (TPSA) is 0 Å². The molecule has 0 spiro atoms. The highest BCUT2D eigenvalue weighted by Crippen LogP contribution is 2.20. The van der Waals surface area contributed by atoms with Crippen LogP contribution >= 0.6 is 15.9 Å². The maximum absolute atomic E-state index is 3.74. The van der Waals surface area contributed by atoms with Crippen LogP contribution in [0.3, 0.4) is 0 Å². The Morgan fingerprint density at radius 1 is 1.00 bits per heavy atom. The van der Waals surface area contributed by atoms with Crippen LogP contribution in [0.25, 0.3) is 0 Å². The molecule has 0 saturated heterocycles. The van der Waals surface area contributed by atoms with Crippen LogP contribution in [0.5, 0.6) is 0 Å². The van der Waals surface area contributed by atoms with Gasteiger partial charge in [-0.05, 0) is 35.8 Å². The van der Waals surface area contributed by atoms with Crippen LogP contribution in [0.4, 0.5) is 0 Å². The standard InChI is InChI=1S/C15H23Br/c1-11(2)14-8-5-13(6-9-14)7-10-15(16)12(3)4/h5-6,8-9,11-12,15H,7,10H2,1-4H3. The highest BCUT2D eigenvalue weighted by Gasteiger charge is 2.08. The molecule has 1 atom stereocenters. The predicted molar refractivity (Wildman–Crippen MR) is 76.4 cm³/mol. The summed E-state index contributed by atoms with van der Waals surface area (Å²) in [7, 11) is 0. The second kappa shape index (κ2) is 6.44. The van der Waals surface area contributed by atoms with Gasteiger partial charge >= 0.3 is 0 Å². The van der Waals surface area contributed by atoms with Crippen LogP contribution in [0, 0.1) is 5.92 Å². The first kappa shape index (κ1) is 13.8. The van der Waals surface area contributed by atoms with E-state index in [1.165, 1.54) is 24.0 Å². The third-order valence-corrected chi connectivity index (χ3v) is 4.59. The van der Waals surface area contributed by atoms with Crippen molar-refractivity contribution in [2.24, 2.45) is 5.92 Å². The Morgan fingerprint density at radius 2 is 1.56 bits per heavy atom. The van der Waals surface area contributed by atoms with E-state index in [2.05, 4.69) is 67.9 Å². The largest absolute Gasteiger partial charge is 0.0888 e. The maximum atomic E-state index is 3.74. The SMILES string of the molecule is CC(C)c1ccc(CCC(Br)C(C)C)cc1. The van der Waals surface area contributed by atoms with E-state index in [0.717, 1.165) is 5.92 Å². The molecule has 16 heavy (non-hydrogen) atoms. The molecule has 1 unspecified atom stereocenters. The van der Waals surface area contributed by atoms with Gasteiger partial charge in [-0.2, -0.15) is 0 Å². The van der Waals surface area contributed by atoms with Gasteiger partial charge in [-0.25, -0.2) is 0 Å². The van der Waals surface area contributed by atoms with Crippen molar-refractivity contribution in [2.45, 2.75) is 51.3 Å². The summed E-state index contributed by atoms with van der Waals surface area (Å²) in [4.78, 5) is 0.636. The van der Waals surface area contributed by atoms with Gasteiger partial charge in [-0.15, -0.1) is 0 Å². The van der Waals surface area contributed by atoms with Crippen molar-refractivity contribution in [2.75, 3.05) is 0 Å². The highest BCUT2D eigenvalue weighted by molar-refractivity contribution is 9.09. The lowest BCUT2D eigenvalue weighted by Crippen LogP contribution is -2.08. The number of alkyl halides is 1. The quantitative estimate of drug-likeness (QED) is 0.654. The molecule has 90 valence electrons. The number of rotatable bonds is 5. The lowest BCUT2D eigenvalue weighted by Gasteiger charge is -2.13. The number of hydrogen-bond acceptors (Lipinski definition) is 0. The number of halogens is 1. The molecule has 0 saturated carbocycles. The van der Waals surface area contributed by atoms with E-state index in [-0.39, 0.29) is 0 Å². The van der Waals surface area contributed by atoms with Crippen molar-refractivity contribution in [3.63, 3.8) is 0 Å². The van der Waals surface area contributed by atoms with Gasteiger partial charge in [-0.1, -0.05) is 67.9 Å². The minimum Gasteiger partial charge on any atom is -0.0888 e. The van der Waals surface area contributed by atoms with Crippen LogP contribution in [0.2, 0.25) is 0 Å². The van der Waals surface area contributed by atoms with Gasteiger partial charge in [0, 0.05) is 4.83 Å². The first-order valence-corrected chi connectivity index (χ1v) is 7.15. The molecule has 0 aliphatic carbocycles. The van der Waals surface area contributed by atoms with Crippen molar-refractivity contribution >= 4 is 15.9 Å². The van der Waals surface area contributed by atoms with Crippen LogP contribution in [0.1, 0.15) is 51.2 Å². The molecular weight excluding hydrogens is 260 g/mol. The molecular formula is C15H23Br. The zero-order chi connectivity index (χ0) is 12.1. The van der Waals surface area contributed by atoms with Crippen LogP contribution in [-0.4, -0.2) is 4.83 Å². The number of hydrogen-bond donors (Lipinski definition) is 0. The monoisotopic (exact) mass is 282 g/mol. The fourth-order valence-electron chi connectivity index (χ4n) is 1.71. The number of benzene rings is 1. The van der Waals surface area contributed by atoms with Crippen LogP contribution < -0.4 is 0 Å². The minimum absolute atomic E-state index is 0.633. The Hall–Kier alpha value is -0.300. The normalized spacial score (nSPS) is 13.4. The minimum atomic E-state index is 0.633. The fraction of sp³-hybridized carbons (Fsp3) is 0.600. The lowest BCUT2D eigenvalue weighted by atomic mass is 9.98. The Balaban J connectivity index is 2.49. The second-order valence-electron chi connectivity index (χ2n) is 5.19. The van der Waals surface area contributed by atoms with Crippen LogP contribution in [-0.2, 0) is 6.42 Å². The molecule has 0 heterocycles. The molecule has 0 aromatic heterocycles. The maximum Gasteiger partial charge on any atom is 0.0172 e. The molecule has 0 amide bonds. The Bertz CT molecular complexity index is 298. The number of aryl methyl sites for hydroxylation is 1. The van der Waals surface area contributed by atoms with Gasteiger partial charge in [-0.3, -0.25) is 0 Å². The lowest BCUT2D eigenvalue weighted by molar-refractivity contribution is 0.581. The summed E-state index contributed by atoms with van der Waals surface area (Å²) in [5.41, 5.74) is 2.89. The van der Waals surface area contributed by atoms with E-state index < -0.39 is 0 Å². The van der Waals surface area contributed by atoms with Gasteiger partial charge in [0.1, 0.15) is 0 Å². The molecule has 1 aromatic carbocycles. The van der Waals surface area contributed by atoms with E-state index >= 15 is 0 Å². The highest BCUT2D eigenvalue weighted by atomic mass is 79.9. The molecule has 0 N–H and O–H groups in total. The van der Waals surface area contributed by atoms with Gasteiger partial charge in [0.25, 0.3) is 0 Å². The zero-order valence-electron chi connectivity index (χ0n) is 10.8. The zero-order valence-corrected chi connectivity index (χ0v) is 12.4. The Kier molecular flexibility index (Phi) is 5.54. The first-order chi connectivity index (χ1) is 7.50. The molecule has 0 fully saturated rings. The Labute approximate surface area is 109 Å². The first-order valence-electron chi connectivity index (χ1n) is 6.23. The average Bonchev–Trinajstić information content (AvgIpc) is 2.26. The van der Waals surface area contributed by atoms with Crippen molar-refractivity contribution in [1.82, 2.24) is 0 Å². The molecule has 1 rings (SSSR count). The summed E-state index contributed by atoms with van der Waals surface area (Å²) in [5.74, 6) is 1.35. The van der Waals surface area contributed by atoms with Crippen molar-refractivity contribution in [3.05, 3.63) is 35.4 Å². The Morgan fingerprint density at radius 3 is 2.00 bits per heavy atom. The molecule has 1 heteroatoms. The summed E-state index contributed by atoms with van der Waals surface area (Å²) in [6, 6.07) is 9.07. The predicted octanol–water partition coefficient (Wildman–Crippen LogP) is 5.16. The summed E-state index contributed by atoms with van der Waals surface area (Å²) < 4.78 is 0. The summed E-state index contributed by atoms with van der Waals surface area (Å²) in [6.45, 7) is 9.01.